The number of ether oxygens (including phenoxy) is 2. The second kappa shape index (κ2) is 10.2. The van der Waals surface area contributed by atoms with Crippen LogP contribution in [-0.2, 0) is 16.0 Å². The van der Waals surface area contributed by atoms with Crippen molar-refractivity contribution in [3.8, 4) is 5.75 Å². The Labute approximate surface area is 204 Å². The van der Waals surface area contributed by atoms with Crippen molar-refractivity contribution < 1.29 is 36.2 Å². The second-order valence-electron chi connectivity index (χ2n) is 8.42. The first kappa shape index (κ1) is 25.6. The van der Waals surface area contributed by atoms with Crippen LogP contribution in [0.4, 0.5) is 22.0 Å². The molecule has 5 nitrogen and oxygen atoms in total. The highest BCUT2D eigenvalue weighted by Crippen LogP contribution is 2.40. The minimum atomic E-state index is -5.25. The van der Waals surface area contributed by atoms with Crippen LogP contribution < -0.4 is 15.4 Å². The number of alkyl halides is 3. The van der Waals surface area contributed by atoms with Crippen LogP contribution in [0.2, 0.25) is 0 Å². The second-order valence-corrected chi connectivity index (χ2v) is 8.42. The molecule has 4 rings (SSSR count). The van der Waals surface area contributed by atoms with E-state index in [1.54, 1.807) is 36.4 Å². The normalized spacial score (nSPS) is 21.8. The predicted molar refractivity (Wildman–Crippen MR) is 121 cm³/mol. The van der Waals surface area contributed by atoms with Gasteiger partial charge in [-0.05, 0) is 59.5 Å². The number of carbonyl (C=O) groups excluding carboxylic acids is 1. The summed E-state index contributed by atoms with van der Waals surface area (Å²) in [6.07, 6.45) is -5.15. The SMILES string of the molecule is COc1ccc(CCC2(OC(=O)C(F)(F)F)NC(c3cccc(F)c3)C(c3cccc(F)c3)N2)cc1. The molecular formula is C26H23F5N2O3. The molecule has 1 saturated heterocycles. The third-order valence-electron chi connectivity index (χ3n) is 5.95. The molecule has 0 spiro atoms. The number of methoxy groups -OCH3 is 1. The highest BCUT2D eigenvalue weighted by atomic mass is 19.4. The summed E-state index contributed by atoms with van der Waals surface area (Å²) in [5, 5.41) is 5.89. The van der Waals surface area contributed by atoms with E-state index in [2.05, 4.69) is 10.6 Å². The first-order valence-electron chi connectivity index (χ1n) is 11.1. The third-order valence-corrected chi connectivity index (χ3v) is 5.95. The minimum absolute atomic E-state index is 0.112. The summed E-state index contributed by atoms with van der Waals surface area (Å²) in [4.78, 5) is 12.0. The van der Waals surface area contributed by atoms with Gasteiger partial charge in [0.25, 0.3) is 0 Å². The van der Waals surface area contributed by atoms with Crippen molar-refractivity contribution in [2.45, 2.75) is 37.0 Å². The van der Waals surface area contributed by atoms with E-state index in [9.17, 15) is 26.7 Å². The lowest BCUT2D eigenvalue weighted by atomic mass is 9.95. The zero-order valence-electron chi connectivity index (χ0n) is 19.1. The lowest BCUT2D eigenvalue weighted by Crippen LogP contribution is -2.55. The molecule has 1 aliphatic rings. The Morgan fingerprint density at radius 3 is 1.86 bits per heavy atom. The largest absolute Gasteiger partial charge is 0.497 e. The van der Waals surface area contributed by atoms with Crippen LogP contribution in [0.5, 0.6) is 5.75 Å². The lowest BCUT2D eigenvalue weighted by molar-refractivity contribution is -0.219. The van der Waals surface area contributed by atoms with E-state index in [4.69, 9.17) is 9.47 Å². The summed E-state index contributed by atoms with van der Waals surface area (Å²) >= 11 is 0. The predicted octanol–water partition coefficient (Wildman–Crippen LogP) is 5.34. The van der Waals surface area contributed by atoms with Gasteiger partial charge in [0.1, 0.15) is 17.4 Å². The van der Waals surface area contributed by atoms with Crippen LogP contribution in [-0.4, -0.2) is 25.1 Å². The Bertz CT molecular complexity index is 1160. The molecule has 36 heavy (non-hydrogen) atoms. The zero-order chi connectivity index (χ0) is 25.9. The molecule has 3 aromatic carbocycles. The molecule has 190 valence electrons. The Morgan fingerprint density at radius 1 is 0.889 bits per heavy atom. The summed E-state index contributed by atoms with van der Waals surface area (Å²) in [6, 6.07) is 16.1. The molecule has 1 heterocycles. The van der Waals surface area contributed by atoms with Crippen molar-refractivity contribution in [3.63, 3.8) is 0 Å². The van der Waals surface area contributed by atoms with Crippen LogP contribution in [0.25, 0.3) is 0 Å². The van der Waals surface area contributed by atoms with Crippen molar-refractivity contribution in [1.82, 2.24) is 10.6 Å². The fourth-order valence-electron chi connectivity index (χ4n) is 4.25. The molecule has 0 bridgehead atoms. The quantitative estimate of drug-likeness (QED) is 0.335. The summed E-state index contributed by atoms with van der Waals surface area (Å²) in [5.41, 5.74) is 1.51. The maximum atomic E-state index is 14.1. The molecule has 0 aromatic heterocycles. The van der Waals surface area contributed by atoms with Gasteiger partial charge in [0.05, 0.1) is 19.2 Å². The fourth-order valence-corrected chi connectivity index (χ4v) is 4.25. The maximum Gasteiger partial charge on any atom is 0.491 e. The number of rotatable bonds is 7. The van der Waals surface area contributed by atoms with E-state index in [1.807, 2.05) is 0 Å². The van der Waals surface area contributed by atoms with Gasteiger partial charge in [-0.3, -0.25) is 10.6 Å². The van der Waals surface area contributed by atoms with Crippen molar-refractivity contribution in [1.29, 1.82) is 0 Å². The van der Waals surface area contributed by atoms with Gasteiger partial charge in [0, 0.05) is 6.42 Å². The van der Waals surface area contributed by atoms with E-state index in [1.165, 1.54) is 43.5 Å². The standard InChI is InChI=1S/C26H23F5N2O3/c1-35-21-10-8-16(9-11-21)12-13-25(36-24(34)26(29,30)31)32-22(17-4-2-6-19(27)14-17)23(33-25)18-5-3-7-20(28)15-18/h2-11,14-15,22-23,32-33H,12-13H2,1H3. The Kier molecular flexibility index (Phi) is 7.28. The van der Waals surface area contributed by atoms with E-state index in [0.29, 0.717) is 16.9 Å². The number of halogens is 5. The number of esters is 1. The number of benzene rings is 3. The van der Waals surface area contributed by atoms with E-state index in [-0.39, 0.29) is 12.8 Å². The van der Waals surface area contributed by atoms with Gasteiger partial charge in [0.15, 0.2) is 0 Å². The van der Waals surface area contributed by atoms with E-state index >= 15 is 0 Å². The van der Waals surface area contributed by atoms with Crippen LogP contribution in [0.1, 0.15) is 35.2 Å². The van der Waals surface area contributed by atoms with Gasteiger partial charge < -0.3 is 9.47 Å². The topological polar surface area (TPSA) is 59.6 Å². The van der Waals surface area contributed by atoms with Gasteiger partial charge in [-0.15, -0.1) is 0 Å². The zero-order valence-corrected chi connectivity index (χ0v) is 19.1. The number of carbonyl (C=O) groups is 1. The highest BCUT2D eigenvalue weighted by molar-refractivity contribution is 5.76. The molecule has 0 radical (unpaired) electrons. The van der Waals surface area contributed by atoms with Gasteiger partial charge >= 0.3 is 12.1 Å². The Hall–Kier alpha value is -3.50. The fraction of sp³-hybridized carbons (Fsp3) is 0.269. The van der Waals surface area contributed by atoms with E-state index in [0.717, 1.165) is 5.56 Å². The number of hydrogen-bond acceptors (Lipinski definition) is 5. The minimum Gasteiger partial charge on any atom is -0.497 e. The summed E-state index contributed by atoms with van der Waals surface area (Å²) < 4.78 is 77.9. The first-order valence-corrected chi connectivity index (χ1v) is 11.1. The van der Waals surface area contributed by atoms with Crippen LogP contribution in [0.15, 0.2) is 72.8 Å². The van der Waals surface area contributed by atoms with Crippen LogP contribution in [0, 0.1) is 11.6 Å². The van der Waals surface area contributed by atoms with Crippen molar-refractivity contribution >= 4 is 5.97 Å². The molecule has 3 aromatic rings. The molecule has 10 heteroatoms. The summed E-state index contributed by atoms with van der Waals surface area (Å²) in [5.74, 6) is -4.90. The average molecular weight is 506 g/mol. The highest BCUT2D eigenvalue weighted by Gasteiger charge is 2.52. The van der Waals surface area contributed by atoms with Crippen LogP contribution in [0.3, 0.4) is 0 Å². The van der Waals surface area contributed by atoms with Crippen molar-refractivity contribution in [3.05, 3.63) is 101 Å². The Morgan fingerprint density at radius 2 is 1.42 bits per heavy atom. The summed E-state index contributed by atoms with van der Waals surface area (Å²) in [6.45, 7) is 0. The lowest BCUT2D eigenvalue weighted by Gasteiger charge is -2.31. The molecule has 2 unspecified atom stereocenters. The third kappa shape index (κ3) is 5.83. The molecular weight excluding hydrogens is 483 g/mol. The van der Waals surface area contributed by atoms with Gasteiger partial charge in [-0.25, -0.2) is 13.6 Å². The molecule has 0 aliphatic carbocycles. The van der Waals surface area contributed by atoms with Crippen molar-refractivity contribution in [2.24, 2.45) is 0 Å². The van der Waals surface area contributed by atoms with Gasteiger partial charge in [-0.2, -0.15) is 13.2 Å². The smallest absolute Gasteiger partial charge is 0.491 e. The molecule has 1 aliphatic heterocycles. The average Bonchev–Trinajstić information content (AvgIpc) is 3.22. The Balaban J connectivity index is 1.71. The molecule has 2 atom stereocenters. The molecule has 2 N–H and O–H groups in total. The maximum absolute atomic E-state index is 14.1. The molecule has 0 saturated carbocycles. The number of aryl methyl sites for hydroxylation is 1. The van der Waals surface area contributed by atoms with E-state index < -0.39 is 41.7 Å². The van der Waals surface area contributed by atoms with Crippen molar-refractivity contribution in [2.75, 3.05) is 7.11 Å². The summed E-state index contributed by atoms with van der Waals surface area (Å²) in [7, 11) is 1.51. The number of nitrogens with one attached hydrogen (secondary N) is 2. The van der Waals surface area contributed by atoms with Gasteiger partial charge in [0.2, 0.25) is 5.85 Å². The molecule has 0 amide bonds. The van der Waals surface area contributed by atoms with Gasteiger partial charge in [-0.1, -0.05) is 36.4 Å². The monoisotopic (exact) mass is 506 g/mol. The first-order chi connectivity index (χ1) is 17.1. The van der Waals surface area contributed by atoms with Crippen LogP contribution >= 0.6 is 0 Å². The molecule has 1 fully saturated rings. The number of hydrogen-bond donors (Lipinski definition) is 2.